The van der Waals surface area contributed by atoms with Crippen molar-refractivity contribution < 1.29 is 13.5 Å². The summed E-state index contributed by atoms with van der Waals surface area (Å²) in [4.78, 5) is 0. The van der Waals surface area contributed by atoms with Gasteiger partial charge in [0.2, 0.25) is 0 Å². The number of nitrogens with two attached hydrogens (primary N) is 1. The first kappa shape index (κ1) is 14.8. The molecule has 106 valence electrons. The Morgan fingerprint density at radius 1 is 1.15 bits per heavy atom. The van der Waals surface area contributed by atoms with Crippen LogP contribution in [0.3, 0.4) is 0 Å². The van der Waals surface area contributed by atoms with Crippen LogP contribution in [0.5, 0.6) is 5.75 Å². The molecule has 0 radical (unpaired) electrons. The smallest absolute Gasteiger partial charge is 0.138 e. The molecule has 0 fully saturated rings. The van der Waals surface area contributed by atoms with E-state index in [1.54, 1.807) is 18.2 Å². The molecule has 5 heteroatoms. The zero-order chi connectivity index (χ0) is 14.7. The zero-order valence-corrected chi connectivity index (χ0v) is 11.6. The quantitative estimate of drug-likeness (QED) is 0.917. The van der Waals surface area contributed by atoms with E-state index in [9.17, 15) is 8.78 Å². The Kier molecular flexibility index (Phi) is 4.57. The van der Waals surface area contributed by atoms with Gasteiger partial charge in [0.25, 0.3) is 0 Å². The van der Waals surface area contributed by atoms with Gasteiger partial charge < -0.3 is 10.5 Å². The van der Waals surface area contributed by atoms with Gasteiger partial charge in [0.15, 0.2) is 0 Å². The van der Waals surface area contributed by atoms with Crippen LogP contribution in [-0.4, -0.2) is 0 Å². The van der Waals surface area contributed by atoms with Gasteiger partial charge in [-0.3, -0.25) is 0 Å². The summed E-state index contributed by atoms with van der Waals surface area (Å²) in [7, 11) is 0. The first-order chi connectivity index (χ1) is 9.45. The second kappa shape index (κ2) is 6.20. The van der Waals surface area contributed by atoms with Gasteiger partial charge >= 0.3 is 0 Å². The average Bonchev–Trinajstić information content (AvgIpc) is 2.36. The van der Waals surface area contributed by atoms with E-state index >= 15 is 0 Å². The fraction of sp³-hybridized carbons (Fsp3) is 0.200. The van der Waals surface area contributed by atoms with Crippen molar-refractivity contribution in [2.45, 2.75) is 19.6 Å². The minimum Gasteiger partial charge on any atom is -0.487 e. The number of benzene rings is 2. The second-order valence-electron chi connectivity index (χ2n) is 4.54. The third-order valence-corrected chi connectivity index (χ3v) is 3.09. The minimum atomic E-state index is -0.637. The lowest BCUT2D eigenvalue weighted by Crippen LogP contribution is -2.05. The maximum atomic E-state index is 13.0. The maximum absolute atomic E-state index is 13.0. The van der Waals surface area contributed by atoms with Gasteiger partial charge in [-0.1, -0.05) is 17.7 Å². The molecule has 0 saturated carbocycles. The van der Waals surface area contributed by atoms with Crippen LogP contribution in [0.2, 0.25) is 5.02 Å². The summed E-state index contributed by atoms with van der Waals surface area (Å²) in [5, 5.41) is 0.414. The highest BCUT2D eigenvalue weighted by molar-refractivity contribution is 6.32. The fourth-order valence-corrected chi connectivity index (χ4v) is 2.02. The Labute approximate surface area is 121 Å². The van der Waals surface area contributed by atoms with E-state index in [2.05, 4.69) is 0 Å². The Morgan fingerprint density at radius 2 is 1.80 bits per heavy atom. The number of ether oxygens (including phenoxy) is 1. The number of rotatable bonds is 4. The van der Waals surface area contributed by atoms with E-state index < -0.39 is 11.6 Å². The van der Waals surface area contributed by atoms with E-state index in [0.29, 0.717) is 16.3 Å². The van der Waals surface area contributed by atoms with Gasteiger partial charge in [-0.05, 0) is 42.3 Å². The Bertz CT molecular complexity index is 597. The van der Waals surface area contributed by atoms with Gasteiger partial charge in [0.05, 0.1) is 5.02 Å². The van der Waals surface area contributed by atoms with Crippen molar-refractivity contribution in [3.05, 3.63) is 64.2 Å². The highest BCUT2D eigenvalue weighted by atomic mass is 35.5. The molecule has 0 bridgehead atoms. The normalized spacial score (nSPS) is 12.2. The molecule has 0 spiro atoms. The van der Waals surface area contributed by atoms with Crippen molar-refractivity contribution in [1.82, 2.24) is 0 Å². The lowest BCUT2D eigenvalue weighted by atomic mass is 10.1. The van der Waals surface area contributed by atoms with Crippen LogP contribution in [0.1, 0.15) is 24.1 Å². The molecule has 0 saturated heterocycles. The molecular formula is C15H14ClF2NO. The van der Waals surface area contributed by atoms with Crippen LogP contribution in [0.25, 0.3) is 0 Å². The van der Waals surface area contributed by atoms with E-state index in [1.807, 2.05) is 6.92 Å². The highest BCUT2D eigenvalue weighted by Gasteiger charge is 2.07. The Balaban J connectivity index is 2.11. The molecule has 2 rings (SSSR count). The van der Waals surface area contributed by atoms with E-state index in [0.717, 1.165) is 11.6 Å². The predicted octanol–water partition coefficient (Wildman–Crippen LogP) is 4.22. The molecule has 0 aliphatic carbocycles. The summed E-state index contributed by atoms with van der Waals surface area (Å²) in [5.74, 6) is -0.829. The molecule has 0 unspecified atom stereocenters. The summed E-state index contributed by atoms with van der Waals surface area (Å²) in [5.41, 5.74) is 7.03. The first-order valence-electron chi connectivity index (χ1n) is 6.08. The minimum absolute atomic E-state index is 0.0337. The van der Waals surface area contributed by atoms with Crippen LogP contribution in [0, 0.1) is 11.6 Å². The fourth-order valence-electron chi connectivity index (χ4n) is 1.77. The van der Waals surface area contributed by atoms with Crippen molar-refractivity contribution in [2.24, 2.45) is 5.73 Å². The van der Waals surface area contributed by atoms with Crippen molar-refractivity contribution in [3.8, 4) is 5.75 Å². The summed E-state index contributed by atoms with van der Waals surface area (Å²) in [6.07, 6.45) is 0. The summed E-state index contributed by atoms with van der Waals surface area (Å²) >= 11 is 6.07. The highest BCUT2D eigenvalue weighted by Crippen LogP contribution is 2.28. The largest absolute Gasteiger partial charge is 0.487 e. The molecular weight excluding hydrogens is 284 g/mol. The average molecular weight is 298 g/mol. The van der Waals surface area contributed by atoms with Gasteiger partial charge in [-0.25, -0.2) is 8.78 Å². The van der Waals surface area contributed by atoms with E-state index in [4.69, 9.17) is 22.1 Å². The molecule has 0 heterocycles. The SMILES string of the molecule is C[C@@H](N)c1ccc(OCc2cc(F)cc(F)c2)c(Cl)c1. The van der Waals surface area contributed by atoms with Crippen molar-refractivity contribution in [1.29, 1.82) is 0 Å². The van der Waals surface area contributed by atoms with E-state index in [-0.39, 0.29) is 12.6 Å². The van der Waals surface area contributed by atoms with E-state index in [1.165, 1.54) is 12.1 Å². The van der Waals surface area contributed by atoms with Crippen molar-refractivity contribution >= 4 is 11.6 Å². The molecule has 2 N–H and O–H groups in total. The monoisotopic (exact) mass is 297 g/mol. The lowest BCUT2D eigenvalue weighted by molar-refractivity contribution is 0.305. The molecule has 2 aromatic carbocycles. The maximum Gasteiger partial charge on any atom is 0.138 e. The number of halogens is 3. The summed E-state index contributed by atoms with van der Waals surface area (Å²) < 4.78 is 31.5. The topological polar surface area (TPSA) is 35.2 Å². The number of hydrogen-bond donors (Lipinski definition) is 1. The van der Waals surface area contributed by atoms with Crippen molar-refractivity contribution in [3.63, 3.8) is 0 Å². The molecule has 20 heavy (non-hydrogen) atoms. The second-order valence-corrected chi connectivity index (χ2v) is 4.95. The molecule has 0 aliphatic heterocycles. The predicted molar refractivity (Wildman–Crippen MR) is 74.7 cm³/mol. The van der Waals surface area contributed by atoms with Gasteiger partial charge in [0.1, 0.15) is 24.0 Å². The first-order valence-corrected chi connectivity index (χ1v) is 6.46. The molecule has 1 atom stereocenters. The zero-order valence-electron chi connectivity index (χ0n) is 10.9. The van der Waals surface area contributed by atoms with Gasteiger partial charge in [0, 0.05) is 12.1 Å². The molecule has 0 aliphatic rings. The van der Waals surface area contributed by atoms with Crippen LogP contribution in [0.15, 0.2) is 36.4 Å². The summed E-state index contributed by atoms with van der Waals surface area (Å²) in [6, 6.07) is 8.33. The Hall–Kier alpha value is -1.65. The summed E-state index contributed by atoms with van der Waals surface area (Å²) in [6.45, 7) is 1.88. The Morgan fingerprint density at radius 3 is 2.35 bits per heavy atom. The third kappa shape index (κ3) is 3.68. The van der Waals surface area contributed by atoms with Crippen molar-refractivity contribution in [2.75, 3.05) is 0 Å². The van der Waals surface area contributed by atoms with Crippen LogP contribution < -0.4 is 10.5 Å². The van der Waals surface area contributed by atoms with Crippen LogP contribution in [0.4, 0.5) is 8.78 Å². The molecule has 0 amide bonds. The van der Waals surface area contributed by atoms with Gasteiger partial charge in [-0.15, -0.1) is 0 Å². The number of hydrogen-bond acceptors (Lipinski definition) is 2. The van der Waals surface area contributed by atoms with Gasteiger partial charge in [-0.2, -0.15) is 0 Å². The standard InChI is InChI=1S/C15H14ClF2NO/c1-9(19)11-2-3-15(14(16)6-11)20-8-10-4-12(17)7-13(18)5-10/h2-7,9H,8,19H2,1H3/t9-/m1/s1. The lowest BCUT2D eigenvalue weighted by Gasteiger charge is -2.11. The molecule has 2 aromatic rings. The van der Waals surface area contributed by atoms with Crippen LogP contribution in [-0.2, 0) is 6.61 Å². The molecule has 0 aromatic heterocycles. The third-order valence-electron chi connectivity index (χ3n) is 2.80. The van der Waals surface area contributed by atoms with Crippen LogP contribution >= 0.6 is 11.6 Å². The molecule has 2 nitrogen and oxygen atoms in total.